The molecular weight excluding hydrogens is 298 g/mol. The van der Waals surface area contributed by atoms with Crippen LogP contribution in [0.15, 0.2) is 79.4 Å². The molecule has 2 aromatic rings. The highest BCUT2D eigenvalue weighted by Crippen LogP contribution is 2.21. The van der Waals surface area contributed by atoms with Gasteiger partial charge in [-0.15, -0.1) is 0 Å². The minimum atomic E-state index is 0.411. The van der Waals surface area contributed by atoms with Gasteiger partial charge >= 0.3 is 0 Å². The first-order valence-corrected chi connectivity index (χ1v) is 7.64. The van der Waals surface area contributed by atoms with Crippen molar-refractivity contribution in [3.63, 3.8) is 0 Å². The summed E-state index contributed by atoms with van der Waals surface area (Å²) in [6.45, 7) is 5.61. The van der Waals surface area contributed by atoms with Gasteiger partial charge in [0.25, 0.3) is 0 Å². The summed E-state index contributed by atoms with van der Waals surface area (Å²) in [5.41, 5.74) is 2.84. The van der Waals surface area contributed by atoms with Crippen LogP contribution in [0.1, 0.15) is 18.1 Å². The lowest BCUT2D eigenvalue weighted by Crippen LogP contribution is -2.06. The Balaban J connectivity index is 2.21. The number of anilines is 1. The van der Waals surface area contributed by atoms with Crippen molar-refractivity contribution in [1.29, 1.82) is 5.41 Å². The number of hydrogen-bond donors (Lipinski definition) is 2. The number of allylic oxidation sites excluding steroid dienone is 4. The zero-order valence-corrected chi connectivity index (χ0v) is 13.9. The van der Waals surface area contributed by atoms with Gasteiger partial charge in [0, 0.05) is 36.3 Å². The van der Waals surface area contributed by atoms with E-state index in [1.807, 2.05) is 56.5 Å². The molecule has 0 unspecified atom stereocenters. The Hall–Kier alpha value is -3.14. The maximum Gasteiger partial charge on any atom is 0.127 e. The standard InChI is InChI=1S/C20H21N3O/c1-4-6-16(7-5-2)24-17-10-8-15(9-11-17)20(21)18-14-23-13-12-19(18)22-3/h4-14,21H,1H2,2-3H3,(H,22,23)/b7-5-,16-6+,21-20?. The molecule has 0 aliphatic heterocycles. The van der Waals surface area contributed by atoms with Gasteiger partial charge in [-0.3, -0.25) is 10.4 Å². The molecule has 0 saturated carbocycles. The van der Waals surface area contributed by atoms with Crippen LogP contribution >= 0.6 is 0 Å². The van der Waals surface area contributed by atoms with Crippen LogP contribution in [0.3, 0.4) is 0 Å². The Kier molecular flexibility index (Phi) is 6.08. The molecule has 0 atom stereocenters. The van der Waals surface area contributed by atoms with Crippen LogP contribution in [0.2, 0.25) is 0 Å². The van der Waals surface area contributed by atoms with E-state index < -0.39 is 0 Å². The lowest BCUT2D eigenvalue weighted by Gasteiger charge is -2.11. The summed E-state index contributed by atoms with van der Waals surface area (Å²) in [6, 6.07) is 9.28. The molecule has 2 N–H and O–H groups in total. The Labute approximate surface area is 142 Å². The molecule has 24 heavy (non-hydrogen) atoms. The largest absolute Gasteiger partial charge is 0.457 e. The minimum absolute atomic E-state index is 0.411. The molecule has 0 fully saturated rings. The highest BCUT2D eigenvalue weighted by atomic mass is 16.5. The Morgan fingerprint density at radius 3 is 2.62 bits per heavy atom. The lowest BCUT2D eigenvalue weighted by atomic mass is 10.0. The molecular formula is C20H21N3O. The molecule has 1 aromatic carbocycles. The van der Waals surface area contributed by atoms with Crippen molar-refractivity contribution in [2.75, 3.05) is 12.4 Å². The van der Waals surface area contributed by atoms with Gasteiger partial charge in [-0.1, -0.05) is 18.7 Å². The van der Waals surface area contributed by atoms with Crippen LogP contribution in [-0.4, -0.2) is 17.7 Å². The summed E-state index contributed by atoms with van der Waals surface area (Å²) in [4.78, 5) is 4.11. The number of pyridine rings is 1. The normalized spacial score (nSPS) is 11.3. The summed E-state index contributed by atoms with van der Waals surface area (Å²) in [5.74, 6) is 1.41. The van der Waals surface area contributed by atoms with Crippen molar-refractivity contribution in [3.05, 3.63) is 90.5 Å². The Morgan fingerprint density at radius 1 is 1.25 bits per heavy atom. The third-order valence-electron chi connectivity index (χ3n) is 3.35. The van der Waals surface area contributed by atoms with Crippen LogP contribution in [0, 0.1) is 5.41 Å². The fraction of sp³-hybridized carbons (Fsp3) is 0.100. The summed E-state index contributed by atoms with van der Waals surface area (Å²) < 4.78 is 5.79. The van der Waals surface area contributed by atoms with Crippen molar-refractivity contribution in [2.24, 2.45) is 0 Å². The van der Waals surface area contributed by atoms with E-state index in [-0.39, 0.29) is 0 Å². The second kappa shape index (κ2) is 8.48. The van der Waals surface area contributed by atoms with Gasteiger partial charge in [0.15, 0.2) is 0 Å². The average Bonchev–Trinajstić information content (AvgIpc) is 2.62. The van der Waals surface area contributed by atoms with Gasteiger partial charge in [-0.05, 0) is 49.4 Å². The lowest BCUT2D eigenvalue weighted by molar-refractivity contribution is 0.444. The minimum Gasteiger partial charge on any atom is -0.457 e. The predicted molar refractivity (Wildman–Crippen MR) is 99.9 cm³/mol. The third kappa shape index (κ3) is 4.20. The van der Waals surface area contributed by atoms with Crippen molar-refractivity contribution in [1.82, 2.24) is 4.98 Å². The molecule has 0 aliphatic rings. The molecule has 0 aliphatic carbocycles. The molecule has 0 radical (unpaired) electrons. The van der Waals surface area contributed by atoms with E-state index in [4.69, 9.17) is 10.1 Å². The predicted octanol–water partition coefficient (Wildman–Crippen LogP) is 4.56. The third-order valence-corrected chi connectivity index (χ3v) is 3.35. The molecule has 2 rings (SSSR count). The number of ether oxygens (including phenoxy) is 1. The van der Waals surface area contributed by atoms with Gasteiger partial charge in [0.2, 0.25) is 0 Å². The van der Waals surface area contributed by atoms with Gasteiger partial charge in [-0.25, -0.2) is 0 Å². The molecule has 0 saturated heterocycles. The molecule has 1 heterocycles. The highest BCUT2D eigenvalue weighted by Gasteiger charge is 2.09. The maximum atomic E-state index is 8.40. The molecule has 122 valence electrons. The van der Waals surface area contributed by atoms with Crippen molar-refractivity contribution in [2.45, 2.75) is 6.92 Å². The van der Waals surface area contributed by atoms with Crippen molar-refractivity contribution < 1.29 is 4.74 Å². The molecule has 0 spiro atoms. The van der Waals surface area contributed by atoms with E-state index in [0.29, 0.717) is 17.2 Å². The molecule has 4 nitrogen and oxygen atoms in total. The fourth-order valence-electron chi connectivity index (χ4n) is 2.20. The van der Waals surface area contributed by atoms with E-state index >= 15 is 0 Å². The zero-order valence-electron chi connectivity index (χ0n) is 13.9. The quantitative estimate of drug-likeness (QED) is 0.447. The van der Waals surface area contributed by atoms with Gasteiger partial charge in [0.05, 0.1) is 5.71 Å². The van der Waals surface area contributed by atoms with Gasteiger partial charge in [0.1, 0.15) is 11.5 Å². The number of nitrogens with zero attached hydrogens (tertiary/aromatic N) is 1. The van der Waals surface area contributed by atoms with Crippen LogP contribution in [0.4, 0.5) is 5.69 Å². The van der Waals surface area contributed by atoms with E-state index in [0.717, 1.165) is 16.8 Å². The van der Waals surface area contributed by atoms with Crippen LogP contribution in [-0.2, 0) is 0 Å². The monoisotopic (exact) mass is 319 g/mol. The molecule has 1 aromatic heterocycles. The van der Waals surface area contributed by atoms with E-state index in [9.17, 15) is 0 Å². The van der Waals surface area contributed by atoms with Crippen LogP contribution < -0.4 is 10.1 Å². The molecule has 4 heteroatoms. The number of nitrogens with one attached hydrogen (secondary N) is 2. The first kappa shape index (κ1) is 17.2. The summed E-state index contributed by atoms with van der Waals surface area (Å²) >= 11 is 0. The summed E-state index contributed by atoms with van der Waals surface area (Å²) in [6.07, 6.45) is 10.6. The SMILES string of the molecule is C=C/C=C(\C=C/C)Oc1ccc(C(=N)c2cnccc2NC)cc1. The topological polar surface area (TPSA) is 58.0 Å². The average molecular weight is 319 g/mol. The summed E-state index contributed by atoms with van der Waals surface area (Å²) in [7, 11) is 1.83. The van der Waals surface area contributed by atoms with Gasteiger partial charge in [-0.2, -0.15) is 0 Å². The number of aromatic nitrogens is 1. The van der Waals surface area contributed by atoms with Crippen LogP contribution in [0.25, 0.3) is 0 Å². The molecule has 0 bridgehead atoms. The smallest absolute Gasteiger partial charge is 0.127 e. The second-order valence-corrected chi connectivity index (χ2v) is 4.98. The first-order valence-electron chi connectivity index (χ1n) is 7.64. The number of hydrogen-bond acceptors (Lipinski definition) is 4. The van der Waals surface area contributed by atoms with Crippen molar-refractivity contribution >= 4 is 11.4 Å². The van der Waals surface area contributed by atoms with E-state index in [1.54, 1.807) is 24.5 Å². The highest BCUT2D eigenvalue weighted by molar-refractivity contribution is 6.13. The number of rotatable bonds is 7. The van der Waals surface area contributed by atoms with E-state index in [1.165, 1.54) is 0 Å². The fourth-order valence-corrected chi connectivity index (χ4v) is 2.20. The maximum absolute atomic E-state index is 8.40. The first-order chi connectivity index (χ1) is 11.7. The van der Waals surface area contributed by atoms with E-state index in [2.05, 4.69) is 16.9 Å². The Morgan fingerprint density at radius 2 is 2.00 bits per heavy atom. The van der Waals surface area contributed by atoms with Crippen LogP contribution in [0.5, 0.6) is 5.75 Å². The number of benzene rings is 1. The van der Waals surface area contributed by atoms with Crippen molar-refractivity contribution in [3.8, 4) is 5.75 Å². The second-order valence-electron chi connectivity index (χ2n) is 4.98. The Bertz CT molecular complexity index is 774. The van der Waals surface area contributed by atoms with Gasteiger partial charge < -0.3 is 10.1 Å². The summed E-state index contributed by atoms with van der Waals surface area (Å²) in [5, 5.41) is 11.5. The molecule has 0 amide bonds. The zero-order chi connectivity index (χ0) is 17.4.